The van der Waals surface area contributed by atoms with E-state index >= 15 is 0 Å². The molecule has 0 bridgehead atoms. The van der Waals surface area contributed by atoms with E-state index in [0.717, 1.165) is 6.42 Å². The molecule has 156 valence electrons. The molecule has 2 aromatic rings. The molecule has 7 nitrogen and oxygen atoms in total. The summed E-state index contributed by atoms with van der Waals surface area (Å²) in [6, 6.07) is 10.9. The lowest BCUT2D eigenvalue weighted by Crippen LogP contribution is -2.55. The number of phenols is 2. The molecule has 6 atom stereocenters. The Hall–Kier alpha value is -1.81. The number of rotatable bonds is 4. The van der Waals surface area contributed by atoms with Gasteiger partial charge in [-0.3, -0.25) is 0 Å². The first-order valence-corrected chi connectivity index (χ1v) is 10.4. The Morgan fingerprint density at radius 3 is 2.45 bits per heavy atom. The first kappa shape index (κ1) is 20.5. The van der Waals surface area contributed by atoms with Gasteiger partial charge in [0.2, 0.25) is 0 Å². The first-order chi connectivity index (χ1) is 13.9. The van der Waals surface area contributed by atoms with Gasteiger partial charge in [-0.05, 0) is 36.1 Å². The number of thioether (sulfide) groups is 1. The maximum absolute atomic E-state index is 10.4. The molecule has 0 radical (unpaired) electrons. The summed E-state index contributed by atoms with van der Waals surface area (Å²) in [4.78, 5) is 1.21. The van der Waals surface area contributed by atoms with E-state index < -0.39 is 37.1 Å². The monoisotopic (exact) mass is 420 g/mol. The quantitative estimate of drug-likeness (QED) is 0.430. The zero-order valence-electron chi connectivity index (χ0n) is 15.5. The summed E-state index contributed by atoms with van der Waals surface area (Å²) in [6.07, 6.45) is -5.35. The largest absolute Gasteiger partial charge is 0.508 e. The summed E-state index contributed by atoms with van der Waals surface area (Å²) in [5, 5.41) is 60.7. The zero-order chi connectivity index (χ0) is 20.7. The first-order valence-electron chi connectivity index (χ1n) is 9.49. The molecule has 0 saturated carbocycles. The molecule has 4 unspecified atom stereocenters. The van der Waals surface area contributed by atoms with Gasteiger partial charge in [-0.2, -0.15) is 0 Å². The highest BCUT2D eigenvalue weighted by molar-refractivity contribution is 8.00. The molecule has 6 N–H and O–H groups in total. The number of phenolic OH excluding ortho intramolecular Hbond substituents is 2. The van der Waals surface area contributed by atoms with Crippen molar-refractivity contribution in [2.24, 2.45) is 0 Å². The Kier molecular flexibility index (Phi) is 5.74. The molecule has 1 saturated heterocycles. The molecule has 0 amide bonds. The molecule has 4 rings (SSSR count). The predicted molar refractivity (Wildman–Crippen MR) is 106 cm³/mol. The summed E-state index contributed by atoms with van der Waals surface area (Å²) >= 11 is 1.73. The van der Waals surface area contributed by atoms with Crippen LogP contribution in [0.2, 0.25) is 0 Å². The van der Waals surface area contributed by atoms with Crippen LogP contribution in [0, 0.1) is 0 Å². The normalized spacial score (nSPS) is 31.6. The van der Waals surface area contributed by atoms with Gasteiger partial charge in [0, 0.05) is 21.8 Å². The lowest BCUT2D eigenvalue weighted by atomic mass is 9.89. The number of aromatic hydroxyl groups is 2. The summed E-state index contributed by atoms with van der Waals surface area (Å²) < 4.78 is 5.56. The second kappa shape index (κ2) is 8.14. The second-order valence-corrected chi connectivity index (χ2v) is 8.89. The fraction of sp³-hybridized carbons (Fsp3) is 0.429. The van der Waals surface area contributed by atoms with Gasteiger partial charge in [-0.1, -0.05) is 18.2 Å². The van der Waals surface area contributed by atoms with Crippen LogP contribution in [0.3, 0.4) is 0 Å². The van der Waals surface area contributed by atoms with Gasteiger partial charge in [-0.25, -0.2) is 0 Å². The van der Waals surface area contributed by atoms with Crippen LogP contribution in [0.25, 0.3) is 0 Å². The maximum atomic E-state index is 10.4. The highest BCUT2D eigenvalue weighted by Crippen LogP contribution is 2.42. The minimum absolute atomic E-state index is 0.0626. The molecule has 1 fully saturated rings. The van der Waals surface area contributed by atoms with Crippen LogP contribution < -0.4 is 0 Å². The minimum Gasteiger partial charge on any atom is -0.508 e. The van der Waals surface area contributed by atoms with E-state index in [2.05, 4.69) is 12.1 Å². The molecular formula is C21H24O7S. The van der Waals surface area contributed by atoms with Gasteiger partial charge in [0.1, 0.15) is 42.0 Å². The zero-order valence-corrected chi connectivity index (χ0v) is 16.4. The molecule has 0 spiro atoms. The second-order valence-electron chi connectivity index (χ2n) is 7.55. The standard InChI is InChI=1S/C21H24O7S/c22-9-16-18(25)19(26)20(27)21(28-16)13-7-11(14(23)8-15(13)24)6-12-5-10-3-1-2-4-17(10)29-12/h1-4,7-8,12,16,18-27H,5-6,9H2/t12?,16?,18-,19?,20-,21?/m1/s1. The van der Waals surface area contributed by atoms with Crippen molar-refractivity contribution >= 4 is 11.8 Å². The minimum atomic E-state index is -1.54. The Bertz CT molecular complexity index is 862. The van der Waals surface area contributed by atoms with Crippen molar-refractivity contribution < 1.29 is 35.4 Å². The average Bonchev–Trinajstić information content (AvgIpc) is 3.11. The lowest BCUT2D eigenvalue weighted by molar-refractivity contribution is -0.232. The highest BCUT2D eigenvalue weighted by Gasteiger charge is 2.45. The van der Waals surface area contributed by atoms with Crippen molar-refractivity contribution in [1.82, 2.24) is 0 Å². The van der Waals surface area contributed by atoms with Crippen LogP contribution in [0.1, 0.15) is 22.8 Å². The fourth-order valence-electron chi connectivity index (χ4n) is 4.00. The predicted octanol–water partition coefficient (Wildman–Crippen LogP) is 0.872. The molecule has 2 heterocycles. The highest BCUT2D eigenvalue weighted by atomic mass is 32.2. The lowest BCUT2D eigenvalue weighted by Gasteiger charge is -2.40. The summed E-state index contributed by atoms with van der Waals surface area (Å²) in [6.45, 7) is -0.551. The van der Waals surface area contributed by atoms with Gasteiger partial charge in [0.05, 0.1) is 6.61 Å². The third kappa shape index (κ3) is 3.84. The van der Waals surface area contributed by atoms with Crippen LogP contribution >= 0.6 is 11.8 Å². The van der Waals surface area contributed by atoms with Crippen molar-refractivity contribution in [3.63, 3.8) is 0 Å². The van der Waals surface area contributed by atoms with Gasteiger partial charge >= 0.3 is 0 Å². The molecule has 2 aromatic carbocycles. The van der Waals surface area contributed by atoms with E-state index in [1.165, 1.54) is 16.5 Å². The number of hydrogen-bond donors (Lipinski definition) is 6. The van der Waals surface area contributed by atoms with E-state index in [4.69, 9.17) is 4.74 Å². The van der Waals surface area contributed by atoms with Gasteiger partial charge in [0.15, 0.2) is 0 Å². The van der Waals surface area contributed by atoms with Crippen LogP contribution in [0.5, 0.6) is 11.5 Å². The molecule has 2 aliphatic heterocycles. The van der Waals surface area contributed by atoms with Crippen LogP contribution in [0.4, 0.5) is 0 Å². The van der Waals surface area contributed by atoms with Crippen LogP contribution in [0.15, 0.2) is 41.3 Å². The Balaban J connectivity index is 1.59. The Labute approximate surface area is 172 Å². The summed E-state index contributed by atoms with van der Waals surface area (Å²) in [5.41, 5.74) is 2.03. The molecule has 8 heteroatoms. The molecular weight excluding hydrogens is 396 g/mol. The number of fused-ring (bicyclic) bond motifs is 1. The van der Waals surface area contributed by atoms with Gasteiger partial charge in [0.25, 0.3) is 0 Å². The third-order valence-corrected chi connectivity index (χ3v) is 6.91. The van der Waals surface area contributed by atoms with E-state index in [9.17, 15) is 30.6 Å². The molecule has 0 aliphatic carbocycles. The van der Waals surface area contributed by atoms with E-state index in [1.807, 2.05) is 12.1 Å². The molecule has 29 heavy (non-hydrogen) atoms. The number of hydrogen-bond acceptors (Lipinski definition) is 8. The Morgan fingerprint density at radius 1 is 0.966 bits per heavy atom. The topological polar surface area (TPSA) is 131 Å². The van der Waals surface area contributed by atoms with Gasteiger partial charge in [-0.15, -0.1) is 11.8 Å². The van der Waals surface area contributed by atoms with Crippen molar-refractivity contribution in [3.8, 4) is 11.5 Å². The number of ether oxygens (including phenoxy) is 1. The van der Waals surface area contributed by atoms with E-state index in [-0.39, 0.29) is 22.3 Å². The van der Waals surface area contributed by atoms with Crippen molar-refractivity contribution in [3.05, 3.63) is 53.1 Å². The van der Waals surface area contributed by atoms with Crippen molar-refractivity contribution in [2.45, 2.75) is 53.5 Å². The van der Waals surface area contributed by atoms with Crippen molar-refractivity contribution in [1.29, 1.82) is 0 Å². The maximum Gasteiger partial charge on any atom is 0.125 e. The molecule has 0 aromatic heterocycles. The van der Waals surface area contributed by atoms with Crippen LogP contribution in [-0.2, 0) is 17.6 Å². The SMILES string of the molecule is OCC1OC(c2cc(CC3Cc4ccccc4S3)c(O)cc2O)[C@H](O)C(O)[C@@H]1O. The van der Waals surface area contributed by atoms with Crippen molar-refractivity contribution in [2.75, 3.05) is 6.61 Å². The third-order valence-electron chi connectivity index (χ3n) is 5.59. The van der Waals surface area contributed by atoms with Crippen LogP contribution in [-0.4, -0.2) is 66.9 Å². The van der Waals surface area contributed by atoms with E-state index in [0.29, 0.717) is 12.0 Å². The summed E-state index contributed by atoms with van der Waals surface area (Å²) in [5.74, 6) is -0.356. The smallest absolute Gasteiger partial charge is 0.125 e. The molecule has 2 aliphatic rings. The van der Waals surface area contributed by atoms with E-state index in [1.54, 1.807) is 17.8 Å². The fourth-order valence-corrected chi connectivity index (χ4v) is 5.35. The number of benzene rings is 2. The number of aliphatic hydroxyl groups is 4. The summed E-state index contributed by atoms with van der Waals surface area (Å²) in [7, 11) is 0. The average molecular weight is 420 g/mol. The Morgan fingerprint density at radius 2 is 1.72 bits per heavy atom. The number of aliphatic hydroxyl groups excluding tert-OH is 4. The van der Waals surface area contributed by atoms with Gasteiger partial charge < -0.3 is 35.4 Å².